The van der Waals surface area contributed by atoms with Crippen molar-refractivity contribution < 1.29 is 21.3 Å². The number of sulfonamides is 2. The number of unbranched alkanes of at least 4 members (excludes halogenated alkanes) is 2. The van der Waals surface area contributed by atoms with Crippen LogP contribution in [0.1, 0.15) is 39.5 Å². The summed E-state index contributed by atoms with van der Waals surface area (Å²) in [7, 11) is -7.55. The number of rotatable bonds is 10. The first-order valence-electron chi connectivity index (χ1n) is 10.2. The Labute approximate surface area is 181 Å². The molecule has 0 aliphatic rings. The highest BCUT2D eigenvalue weighted by Crippen LogP contribution is 2.23. The second kappa shape index (κ2) is 9.47. The Balaban J connectivity index is 2.07. The Morgan fingerprint density at radius 2 is 1.16 bits per heavy atom. The molecule has 0 spiro atoms. The molecule has 3 aromatic rings. The summed E-state index contributed by atoms with van der Waals surface area (Å²) >= 11 is 0. The van der Waals surface area contributed by atoms with Crippen LogP contribution in [0.15, 0.2) is 55.4 Å². The highest BCUT2D eigenvalue weighted by atomic mass is 32.2. The third kappa shape index (κ3) is 5.15. The van der Waals surface area contributed by atoms with Crippen LogP contribution in [0, 0.1) is 0 Å². The predicted molar refractivity (Wildman–Crippen MR) is 120 cm³/mol. The molecule has 168 valence electrons. The Bertz CT molecular complexity index is 1260. The third-order valence-corrected chi connectivity index (χ3v) is 7.79. The topological polar surface area (TPSA) is 123 Å². The fourth-order valence-electron chi connectivity index (χ4n) is 3.08. The van der Waals surface area contributed by atoms with E-state index in [1.807, 2.05) is 13.8 Å². The minimum Gasteiger partial charge on any atom is -0.456 e. The van der Waals surface area contributed by atoms with Crippen LogP contribution in [0.2, 0.25) is 0 Å². The number of benzene rings is 2. The highest BCUT2D eigenvalue weighted by Gasteiger charge is 2.19. The van der Waals surface area contributed by atoms with Crippen LogP contribution in [-0.4, -0.2) is 29.9 Å². The molecule has 10 heteroatoms. The third-order valence-electron chi connectivity index (χ3n) is 4.88. The molecule has 0 bridgehead atoms. The first kappa shape index (κ1) is 23.4. The lowest BCUT2D eigenvalue weighted by Crippen LogP contribution is -2.25. The Hall–Kier alpha value is -2.27. The summed E-state index contributed by atoms with van der Waals surface area (Å²) in [5.74, 6) is 0. The molecule has 1 heterocycles. The van der Waals surface area contributed by atoms with Gasteiger partial charge in [0.15, 0.2) is 0 Å². The molecule has 0 aliphatic heterocycles. The Morgan fingerprint density at radius 3 is 1.55 bits per heavy atom. The molecule has 3 rings (SSSR count). The molecule has 1 aromatic heterocycles. The molecule has 0 fully saturated rings. The van der Waals surface area contributed by atoms with Gasteiger partial charge in [-0.25, -0.2) is 26.3 Å². The van der Waals surface area contributed by atoms with Crippen molar-refractivity contribution in [2.45, 2.75) is 49.3 Å². The summed E-state index contributed by atoms with van der Waals surface area (Å²) in [6.45, 7) is 4.51. The SMILES string of the molecule is CCCCNS(=O)(=O)c1ccc2oc3ccc(S(=O)(=O)NCCCC)cc3c(=O)c2c1. The van der Waals surface area contributed by atoms with Crippen molar-refractivity contribution in [3.05, 3.63) is 46.6 Å². The minimum absolute atomic E-state index is 0.0484. The summed E-state index contributed by atoms with van der Waals surface area (Å²) in [5, 5.41) is 0.138. The summed E-state index contributed by atoms with van der Waals surface area (Å²) in [6, 6.07) is 8.14. The first-order valence-corrected chi connectivity index (χ1v) is 13.2. The molecule has 2 aromatic carbocycles. The van der Waals surface area contributed by atoms with Crippen molar-refractivity contribution in [1.29, 1.82) is 0 Å². The predicted octanol–water partition coefficient (Wildman–Crippen LogP) is 3.10. The lowest BCUT2D eigenvalue weighted by molar-refractivity contribution is 0.577. The molecular weight excluding hydrogens is 440 g/mol. The summed E-state index contributed by atoms with van der Waals surface area (Å²) < 4.78 is 60.8. The number of hydrogen-bond donors (Lipinski definition) is 2. The van der Waals surface area contributed by atoms with Crippen LogP contribution >= 0.6 is 0 Å². The van der Waals surface area contributed by atoms with E-state index in [1.165, 1.54) is 36.4 Å². The van der Waals surface area contributed by atoms with Crippen molar-refractivity contribution in [3.63, 3.8) is 0 Å². The van der Waals surface area contributed by atoms with Crippen LogP contribution in [-0.2, 0) is 20.0 Å². The van der Waals surface area contributed by atoms with Gasteiger partial charge in [0.2, 0.25) is 25.5 Å². The van der Waals surface area contributed by atoms with Gasteiger partial charge in [-0.15, -0.1) is 0 Å². The van der Waals surface area contributed by atoms with Crippen LogP contribution < -0.4 is 14.9 Å². The normalized spacial score (nSPS) is 12.6. The number of nitrogens with one attached hydrogen (secondary N) is 2. The van der Waals surface area contributed by atoms with Crippen LogP contribution in [0.5, 0.6) is 0 Å². The zero-order chi connectivity index (χ0) is 22.6. The molecule has 0 aliphatic carbocycles. The molecule has 8 nitrogen and oxygen atoms in total. The van der Waals surface area contributed by atoms with E-state index in [9.17, 15) is 21.6 Å². The second-order valence-electron chi connectivity index (χ2n) is 7.25. The number of hydrogen-bond acceptors (Lipinski definition) is 6. The van der Waals surface area contributed by atoms with E-state index in [2.05, 4.69) is 9.44 Å². The van der Waals surface area contributed by atoms with Gasteiger partial charge in [0.25, 0.3) is 0 Å². The van der Waals surface area contributed by atoms with Crippen molar-refractivity contribution in [2.24, 2.45) is 0 Å². The first-order chi connectivity index (χ1) is 14.7. The fraction of sp³-hybridized carbons (Fsp3) is 0.381. The smallest absolute Gasteiger partial charge is 0.240 e. The summed E-state index contributed by atoms with van der Waals surface area (Å²) in [5.41, 5.74) is -0.0455. The Kier molecular flexibility index (Phi) is 7.15. The Morgan fingerprint density at radius 1 is 0.742 bits per heavy atom. The van der Waals surface area contributed by atoms with E-state index in [0.717, 1.165) is 12.8 Å². The van der Waals surface area contributed by atoms with Gasteiger partial charge in [0, 0.05) is 13.1 Å². The maximum Gasteiger partial charge on any atom is 0.240 e. The van der Waals surface area contributed by atoms with Gasteiger partial charge in [-0.2, -0.15) is 0 Å². The van der Waals surface area contributed by atoms with Crippen LogP contribution in [0.3, 0.4) is 0 Å². The van der Waals surface area contributed by atoms with Gasteiger partial charge in [-0.3, -0.25) is 4.79 Å². The second-order valence-corrected chi connectivity index (χ2v) is 10.8. The van der Waals surface area contributed by atoms with E-state index >= 15 is 0 Å². The maximum atomic E-state index is 13.1. The van der Waals surface area contributed by atoms with Gasteiger partial charge >= 0.3 is 0 Å². The minimum atomic E-state index is -3.77. The zero-order valence-electron chi connectivity index (χ0n) is 17.5. The monoisotopic (exact) mass is 466 g/mol. The quantitative estimate of drug-likeness (QED) is 0.350. The fourth-order valence-corrected chi connectivity index (χ4v) is 5.28. The summed E-state index contributed by atoms with van der Waals surface area (Å²) in [4.78, 5) is 13.0. The van der Waals surface area contributed by atoms with Crippen LogP contribution in [0.4, 0.5) is 0 Å². The molecule has 31 heavy (non-hydrogen) atoms. The van der Waals surface area contributed by atoms with E-state index in [-0.39, 0.29) is 31.7 Å². The molecule has 0 saturated heterocycles. The maximum absolute atomic E-state index is 13.1. The molecule has 0 atom stereocenters. The van der Waals surface area contributed by atoms with E-state index < -0.39 is 25.5 Å². The molecule has 0 radical (unpaired) electrons. The van der Waals surface area contributed by atoms with E-state index in [4.69, 9.17) is 4.42 Å². The van der Waals surface area contributed by atoms with Crippen molar-refractivity contribution in [2.75, 3.05) is 13.1 Å². The van der Waals surface area contributed by atoms with Gasteiger partial charge in [-0.1, -0.05) is 26.7 Å². The molecular formula is C21H26N2O6S2. The summed E-state index contributed by atoms with van der Waals surface area (Å²) in [6.07, 6.45) is 3.08. The largest absolute Gasteiger partial charge is 0.456 e. The average molecular weight is 467 g/mol. The molecule has 0 unspecified atom stereocenters. The van der Waals surface area contributed by atoms with Crippen LogP contribution in [0.25, 0.3) is 21.9 Å². The van der Waals surface area contributed by atoms with Gasteiger partial charge in [-0.05, 0) is 49.2 Å². The van der Waals surface area contributed by atoms with E-state index in [0.29, 0.717) is 25.9 Å². The average Bonchev–Trinajstić information content (AvgIpc) is 2.73. The van der Waals surface area contributed by atoms with Crippen molar-refractivity contribution in [1.82, 2.24) is 9.44 Å². The highest BCUT2D eigenvalue weighted by molar-refractivity contribution is 7.89. The van der Waals surface area contributed by atoms with Crippen molar-refractivity contribution in [3.8, 4) is 0 Å². The zero-order valence-corrected chi connectivity index (χ0v) is 19.1. The van der Waals surface area contributed by atoms with Crippen molar-refractivity contribution >= 4 is 42.0 Å². The van der Waals surface area contributed by atoms with Gasteiger partial charge in [0.1, 0.15) is 11.2 Å². The van der Waals surface area contributed by atoms with E-state index in [1.54, 1.807) is 0 Å². The molecule has 0 amide bonds. The molecule has 0 saturated carbocycles. The number of fused-ring (bicyclic) bond motifs is 2. The lowest BCUT2D eigenvalue weighted by atomic mass is 10.1. The van der Waals surface area contributed by atoms with Gasteiger partial charge in [0.05, 0.1) is 20.6 Å². The van der Waals surface area contributed by atoms with Gasteiger partial charge < -0.3 is 4.42 Å². The standard InChI is InChI=1S/C21H26N2O6S2/c1-3-5-11-22-30(25,26)15-7-9-19-17(13-15)21(24)18-14-16(8-10-20(18)29-19)31(27,28)23-12-6-4-2/h7-10,13-14,22-23H,3-6,11-12H2,1-2H3. The lowest BCUT2D eigenvalue weighted by Gasteiger charge is -2.09. The molecule has 2 N–H and O–H groups in total.